The fourth-order valence-electron chi connectivity index (χ4n) is 2.56. The fraction of sp³-hybridized carbons (Fsp3) is 0.636. The quantitative estimate of drug-likeness (QED) is 0.491. The standard InChI is InChI=1S/C11H13NO2/c1-2-14-11(13)10-8-4-3-7(5-8)9(10)6-12/h3-4,7-10H,2,5H2,1H3/t7-,8+,9+,10+/m1/s1. The number of ether oxygens (including phenoxy) is 1. The molecular formula is C11H13NO2. The van der Waals surface area contributed by atoms with E-state index in [1.807, 2.05) is 0 Å². The van der Waals surface area contributed by atoms with Crippen molar-refractivity contribution in [1.82, 2.24) is 0 Å². The van der Waals surface area contributed by atoms with Gasteiger partial charge in [-0.1, -0.05) is 12.2 Å². The number of hydrogen-bond donors (Lipinski definition) is 0. The van der Waals surface area contributed by atoms with Crippen LogP contribution in [0.3, 0.4) is 0 Å². The van der Waals surface area contributed by atoms with Crippen LogP contribution in [0.4, 0.5) is 0 Å². The number of carbonyl (C=O) groups excluding carboxylic acids is 1. The van der Waals surface area contributed by atoms with Gasteiger partial charge in [0.15, 0.2) is 0 Å². The molecule has 2 aliphatic carbocycles. The van der Waals surface area contributed by atoms with Gasteiger partial charge in [0.25, 0.3) is 0 Å². The maximum absolute atomic E-state index is 11.6. The third kappa shape index (κ3) is 1.22. The smallest absolute Gasteiger partial charge is 0.310 e. The van der Waals surface area contributed by atoms with Crippen LogP contribution >= 0.6 is 0 Å². The number of hydrogen-bond acceptors (Lipinski definition) is 3. The molecule has 0 aromatic heterocycles. The summed E-state index contributed by atoms with van der Waals surface area (Å²) in [5.74, 6) is -0.0574. The van der Waals surface area contributed by atoms with E-state index in [1.165, 1.54) is 0 Å². The molecule has 0 unspecified atom stereocenters. The summed E-state index contributed by atoms with van der Waals surface area (Å²) in [5, 5.41) is 8.98. The van der Waals surface area contributed by atoms with E-state index >= 15 is 0 Å². The van der Waals surface area contributed by atoms with Crippen molar-refractivity contribution < 1.29 is 9.53 Å². The van der Waals surface area contributed by atoms with E-state index in [9.17, 15) is 4.79 Å². The summed E-state index contributed by atoms with van der Waals surface area (Å²) in [6, 6.07) is 2.23. The molecule has 2 rings (SSSR count). The normalized spacial score (nSPS) is 38.3. The average molecular weight is 191 g/mol. The van der Waals surface area contributed by atoms with Crippen LogP contribution in [0.15, 0.2) is 12.2 Å². The second kappa shape index (κ2) is 3.45. The lowest BCUT2D eigenvalue weighted by molar-refractivity contribution is -0.149. The van der Waals surface area contributed by atoms with Crippen molar-refractivity contribution in [3.63, 3.8) is 0 Å². The Bertz CT molecular complexity index is 316. The molecule has 4 atom stereocenters. The Morgan fingerprint density at radius 1 is 1.57 bits per heavy atom. The van der Waals surface area contributed by atoms with E-state index in [0.717, 1.165) is 6.42 Å². The number of carbonyl (C=O) groups is 1. The lowest BCUT2D eigenvalue weighted by Gasteiger charge is -2.20. The molecule has 0 heterocycles. The summed E-state index contributed by atoms with van der Waals surface area (Å²) in [4.78, 5) is 11.6. The number of allylic oxidation sites excluding steroid dienone is 2. The van der Waals surface area contributed by atoms with Crippen LogP contribution in [0.2, 0.25) is 0 Å². The highest BCUT2D eigenvalue weighted by molar-refractivity contribution is 5.75. The van der Waals surface area contributed by atoms with Gasteiger partial charge in [-0.05, 0) is 25.2 Å². The average Bonchev–Trinajstić information content (AvgIpc) is 2.76. The Kier molecular flexibility index (Phi) is 2.28. The Balaban J connectivity index is 2.15. The van der Waals surface area contributed by atoms with E-state index in [1.54, 1.807) is 6.92 Å². The molecule has 2 bridgehead atoms. The van der Waals surface area contributed by atoms with Crippen molar-refractivity contribution in [2.45, 2.75) is 13.3 Å². The molecule has 3 heteroatoms. The van der Waals surface area contributed by atoms with Gasteiger partial charge in [-0.25, -0.2) is 0 Å². The highest BCUT2D eigenvalue weighted by Gasteiger charge is 2.49. The molecule has 0 N–H and O–H groups in total. The van der Waals surface area contributed by atoms with Gasteiger partial charge in [0.05, 0.1) is 24.5 Å². The van der Waals surface area contributed by atoms with Crippen LogP contribution in [0, 0.1) is 35.0 Å². The highest BCUT2D eigenvalue weighted by Crippen LogP contribution is 2.48. The topological polar surface area (TPSA) is 50.1 Å². The minimum absolute atomic E-state index is 0.163. The molecule has 0 amide bonds. The zero-order valence-corrected chi connectivity index (χ0v) is 8.14. The molecule has 1 fully saturated rings. The summed E-state index contributed by atoms with van der Waals surface area (Å²) >= 11 is 0. The number of nitrogens with zero attached hydrogens (tertiary/aromatic N) is 1. The zero-order chi connectivity index (χ0) is 10.1. The highest BCUT2D eigenvalue weighted by atomic mass is 16.5. The predicted molar refractivity (Wildman–Crippen MR) is 50.0 cm³/mol. The molecule has 0 saturated heterocycles. The number of fused-ring (bicyclic) bond motifs is 2. The number of esters is 1. The van der Waals surface area contributed by atoms with Crippen molar-refractivity contribution in [2.75, 3.05) is 6.61 Å². The lowest BCUT2D eigenvalue weighted by atomic mass is 9.84. The van der Waals surface area contributed by atoms with E-state index in [0.29, 0.717) is 6.61 Å². The van der Waals surface area contributed by atoms with Gasteiger partial charge in [-0.15, -0.1) is 0 Å². The number of rotatable bonds is 2. The van der Waals surface area contributed by atoms with Crippen molar-refractivity contribution in [2.24, 2.45) is 23.7 Å². The van der Waals surface area contributed by atoms with Crippen LogP contribution in [-0.2, 0) is 9.53 Å². The molecule has 2 aliphatic rings. The zero-order valence-electron chi connectivity index (χ0n) is 8.14. The van der Waals surface area contributed by atoms with Crippen molar-refractivity contribution in [1.29, 1.82) is 5.26 Å². The summed E-state index contributed by atoms with van der Waals surface area (Å²) < 4.78 is 4.99. The molecule has 14 heavy (non-hydrogen) atoms. The van der Waals surface area contributed by atoms with Gasteiger partial charge in [0, 0.05) is 0 Å². The molecule has 0 aromatic carbocycles. The second-order valence-corrected chi connectivity index (χ2v) is 3.88. The minimum Gasteiger partial charge on any atom is -0.466 e. The van der Waals surface area contributed by atoms with Crippen molar-refractivity contribution in [3.05, 3.63) is 12.2 Å². The van der Waals surface area contributed by atoms with Gasteiger partial charge >= 0.3 is 5.97 Å². The first kappa shape index (κ1) is 9.26. The van der Waals surface area contributed by atoms with Crippen molar-refractivity contribution in [3.8, 4) is 6.07 Å². The van der Waals surface area contributed by atoms with Gasteiger partial charge < -0.3 is 4.74 Å². The van der Waals surface area contributed by atoms with Crippen LogP contribution in [0.25, 0.3) is 0 Å². The monoisotopic (exact) mass is 191 g/mol. The van der Waals surface area contributed by atoms with Crippen LogP contribution < -0.4 is 0 Å². The molecule has 74 valence electrons. The Morgan fingerprint density at radius 2 is 2.29 bits per heavy atom. The van der Waals surface area contributed by atoms with Crippen LogP contribution in [-0.4, -0.2) is 12.6 Å². The third-order valence-corrected chi connectivity index (χ3v) is 3.17. The maximum Gasteiger partial charge on any atom is 0.310 e. The first-order valence-electron chi connectivity index (χ1n) is 5.02. The third-order valence-electron chi connectivity index (χ3n) is 3.17. The molecule has 0 aromatic rings. The first-order chi connectivity index (χ1) is 6.77. The Morgan fingerprint density at radius 3 is 2.93 bits per heavy atom. The van der Waals surface area contributed by atoms with Crippen LogP contribution in [0.1, 0.15) is 13.3 Å². The summed E-state index contributed by atoms with van der Waals surface area (Å²) in [7, 11) is 0. The second-order valence-electron chi connectivity index (χ2n) is 3.88. The van der Waals surface area contributed by atoms with Crippen molar-refractivity contribution >= 4 is 5.97 Å². The lowest BCUT2D eigenvalue weighted by Crippen LogP contribution is -2.28. The van der Waals surface area contributed by atoms with E-state index in [2.05, 4.69) is 18.2 Å². The van der Waals surface area contributed by atoms with Crippen LogP contribution in [0.5, 0.6) is 0 Å². The molecule has 1 saturated carbocycles. The first-order valence-corrected chi connectivity index (χ1v) is 5.02. The molecule has 0 radical (unpaired) electrons. The Labute approximate surface area is 83.4 Å². The molecule has 3 nitrogen and oxygen atoms in total. The van der Waals surface area contributed by atoms with Gasteiger partial charge in [-0.3, -0.25) is 4.79 Å². The summed E-state index contributed by atoms with van der Waals surface area (Å²) in [6.07, 6.45) is 5.07. The van der Waals surface area contributed by atoms with Gasteiger partial charge in [0.1, 0.15) is 0 Å². The molecule has 0 aliphatic heterocycles. The van der Waals surface area contributed by atoms with E-state index < -0.39 is 0 Å². The largest absolute Gasteiger partial charge is 0.466 e. The SMILES string of the molecule is CCOC(=O)[C@@H]1[C@@H](C#N)[C@@H]2C=C[C@H]1C2. The molecule has 0 spiro atoms. The molecular weight excluding hydrogens is 178 g/mol. The van der Waals surface area contributed by atoms with Gasteiger partial charge in [0.2, 0.25) is 0 Å². The van der Waals surface area contributed by atoms with E-state index in [4.69, 9.17) is 10.00 Å². The predicted octanol–water partition coefficient (Wildman–Crippen LogP) is 1.51. The summed E-state index contributed by atoms with van der Waals surface area (Å²) in [6.45, 7) is 2.19. The fourth-order valence-corrected chi connectivity index (χ4v) is 2.56. The number of nitriles is 1. The summed E-state index contributed by atoms with van der Waals surface area (Å²) in [5.41, 5.74) is 0. The minimum atomic E-state index is -0.213. The Hall–Kier alpha value is -1.30. The van der Waals surface area contributed by atoms with Gasteiger partial charge in [-0.2, -0.15) is 5.26 Å². The maximum atomic E-state index is 11.6. The van der Waals surface area contributed by atoms with E-state index in [-0.39, 0.29) is 29.6 Å².